The predicted molar refractivity (Wildman–Crippen MR) is 125 cm³/mol. The minimum absolute atomic E-state index is 0.132. The number of methoxy groups -OCH3 is 1. The monoisotopic (exact) mass is 461 g/mol. The first-order valence-electron chi connectivity index (χ1n) is 10.3. The van der Waals surface area contributed by atoms with Gasteiger partial charge in [0.1, 0.15) is 18.3 Å². The van der Waals surface area contributed by atoms with E-state index in [0.29, 0.717) is 17.9 Å². The molecule has 0 fully saturated rings. The van der Waals surface area contributed by atoms with Crippen LogP contribution in [-0.4, -0.2) is 58.1 Å². The molecule has 0 heterocycles. The van der Waals surface area contributed by atoms with Gasteiger partial charge in [-0.3, -0.25) is 13.9 Å². The number of anilines is 1. The summed E-state index contributed by atoms with van der Waals surface area (Å²) in [5, 5.41) is 2.59. The quantitative estimate of drug-likeness (QED) is 0.586. The molecule has 0 aliphatic rings. The van der Waals surface area contributed by atoms with E-state index < -0.39 is 28.5 Å². The Kier molecular flexibility index (Phi) is 8.65. The molecule has 0 saturated carbocycles. The topological polar surface area (TPSA) is 96.0 Å². The number of nitrogens with zero attached hydrogens (tertiary/aromatic N) is 2. The third-order valence-corrected chi connectivity index (χ3v) is 6.31. The average Bonchev–Trinajstić information content (AvgIpc) is 2.76. The molecule has 9 heteroatoms. The Hall–Kier alpha value is -3.07. The van der Waals surface area contributed by atoms with Crippen molar-refractivity contribution in [1.29, 1.82) is 0 Å². The van der Waals surface area contributed by atoms with Crippen LogP contribution in [0.25, 0.3) is 0 Å². The third kappa shape index (κ3) is 6.23. The van der Waals surface area contributed by atoms with Crippen molar-refractivity contribution < 1.29 is 22.7 Å². The lowest BCUT2D eigenvalue weighted by molar-refractivity contribution is -0.140. The second-order valence-electron chi connectivity index (χ2n) is 7.47. The molecule has 0 saturated heterocycles. The number of amides is 2. The van der Waals surface area contributed by atoms with Crippen LogP contribution in [0.5, 0.6) is 5.75 Å². The Morgan fingerprint density at radius 3 is 2.38 bits per heavy atom. The summed E-state index contributed by atoms with van der Waals surface area (Å²) in [5.41, 5.74) is 1.92. The standard InChI is InChI=1S/C23H31N3O5S/c1-6-20(23(28)24-3)25(15-18-11-9-12-19(14-18)31-4)22(27)16-26(32(5,29)30)21-13-8-7-10-17(21)2/h7-14,20H,6,15-16H2,1-5H3,(H,24,28)/t20-/m0/s1. The van der Waals surface area contributed by atoms with Crippen LogP contribution in [0.15, 0.2) is 48.5 Å². The van der Waals surface area contributed by atoms with Crippen molar-refractivity contribution in [2.45, 2.75) is 32.9 Å². The van der Waals surface area contributed by atoms with Crippen LogP contribution in [0.3, 0.4) is 0 Å². The number of ether oxygens (including phenoxy) is 1. The minimum Gasteiger partial charge on any atom is -0.497 e. The molecular formula is C23H31N3O5S. The Morgan fingerprint density at radius 1 is 1.12 bits per heavy atom. The van der Waals surface area contributed by atoms with Crippen LogP contribution in [-0.2, 0) is 26.2 Å². The maximum atomic E-state index is 13.5. The van der Waals surface area contributed by atoms with Gasteiger partial charge in [-0.15, -0.1) is 0 Å². The highest BCUT2D eigenvalue weighted by Gasteiger charge is 2.31. The van der Waals surface area contributed by atoms with Crippen LogP contribution in [0.2, 0.25) is 0 Å². The second kappa shape index (κ2) is 11.0. The minimum atomic E-state index is -3.75. The zero-order chi connectivity index (χ0) is 23.9. The van der Waals surface area contributed by atoms with Gasteiger partial charge in [0.15, 0.2) is 0 Å². The molecule has 0 unspecified atom stereocenters. The van der Waals surface area contributed by atoms with Crippen molar-refractivity contribution >= 4 is 27.5 Å². The Labute approximate surface area is 190 Å². The molecule has 0 aliphatic heterocycles. The van der Waals surface area contributed by atoms with Gasteiger partial charge in [0.05, 0.1) is 19.1 Å². The summed E-state index contributed by atoms with van der Waals surface area (Å²) in [7, 11) is -0.687. The number of sulfonamides is 1. The number of likely N-dealkylation sites (N-methyl/N-ethyl adjacent to an activating group) is 1. The number of benzene rings is 2. The van der Waals surface area contributed by atoms with Crippen LogP contribution < -0.4 is 14.4 Å². The molecule has 1 atom stereocenters. The fraction of sp³-hybridized carbons (Fsp3) is 0.391. The molecule has 0 bridgehead atoms. The Morgan fingerprint density at radius 2 is 1.81 bits per heavy atom. The van der Waals surface area contributed by atoms with Crippen molar-refractivity contribution in [2.24, 2.45) is 0 Å². The van der Waals surface area contributed by atoms with Gasteiger partial charge in [-0.25, -0.2) is 8.42 Å². The van der Waals surface area contributed by atoms with Crippen molar-refractivity contribution in [3.8, 4) is 5.75 Å². The first-order chi connectivity index (χ1) is 15.1. The lowest BCUT2D eigenvalue weighted by Gasteiger charge is -2.33. The van der Waals surface area contributed by atoms with E-state index in [4.69, 9.17) is 4.74 Å². The zero-order valence-corrected chi connectivity index (χ0v) is 20.0. The number of aryl methyl sites for hydroxylation is 1. The van der Waals surface area contributed by atoms with Crippen LogP contribution in [0.4, 0.5) is 5.69 Å². The van der Waals surface area contributed by atoms with Gasteiger partial charge in [-0.2, -0.15) is 0 Å². The molecular weight excluding hydrogens is 430 g/mol. The molecule has 2 aromatic carbocycles. The summed E-state index contributed by atoms with van der Waals surface area (Å²) in [4.78, 5) is 27.4. The van der Waals surface area contributed by atoms with E-state index in [1.54, 1.807) is 63.4 Å². The number of nitrogens with one attached hydrogen (secondary N) is 1. The van der Waals surface area contributed by atoms with Gasteiger partial charge < -0.3 is 15.0 Å². The van der Waals surface area contributed by atoms with Gasteiger partial charge in [-0.1, -0.05) is 37.3 Å². The number of rotatable bonds is 10. The molecule has 2 amide bonds. The normalized spacial score (nSPS) is 12.0. The summed E-state index contributed by atoms with van der Waals surface area (Å²) in [5.74, 6) is -0.164. The number of carbonyl (C=O) groups excluding carboxylic acids is 2. The van der Waals surface area contributed by atoms with E-state index in [9.17, 15) is 18.0 Å². The largest absolute Gasteiger partial charge is 0.497 e. The molecule has 174 valence electrons. The molecule has 0 spiro atoms. The summed E-state index contributed by atoms with van der Waals surface area (Å²) >= 11 is 0. The van der Waals surface area contributed by atoms with E-state index in [1.165, 1.54) is 11.9 Å². The number of hydrogen-bond donors (Lipinski definition) is 1. The van der Waals surface area contributed by atoms with E-state index in [0.717, 1.165) is 21.7 Å². The molecule has 2 rings (SSSR count). The molecule has 0 radical (unpaired) electrons. The lowest BCUT2D eigenvalue weighted by atomic mass is 10.1. The summed E-state index contributed by atoms with van der Waals surface area (Å²) in [6.07, 6.45) is 1.44. The van der Waals surface area contributed by atoms with E-state index in [2.05, 4.69) is 5.32 Å². The van der Waals surface area contributed by atoms with E-state index in [1.807, 2.05) is 6.07 Å². The molecule has 1 N–H and O–H groups in total. The molecule has 0 aromatic heterocycles. The summed E-state index contributed by atoms with van der Waals surface area (Å²) in [6, 6.07) is 13.4. The molecule has 8 nitrogen and oxygen atoms in total. The number of para-hydroxylation sites is 1. The van der Waals surface area contributed by atoms with Gasteiger partial charge in [-0.05, 0) is 42.7 Å². The van der Waals surface area contributed by atoms with Gasteiger partial charge in [0.25, 0.3) is 0 Å². The molecule has 32 heavy (non-hydrogen) atoms. The summed E-state index contributed by atoms with van der Waals surface area (Å²) in [6.45, 7) is 3.31. The van der Waals surface area contributed by atoms with Gasteiger partial charge in [0, 0.05) is 13.6 Å². The van der Waals surface area contributed by atoms with Crippen molar-refractivity contribution in [1.82, 2.24) is 10.2 Å². The molecule has 0 aliphatic carbocycles. The van der Waals surface area contributed by atoms with Crippen LogP contribution in [0, 0.1) is 6.92 Å². The highest BCUT2D eigenvalue weighted by molar-refractivity contribution is 7.92. The smallest absolute Gasteiger partial charge is 0.244 e. The second-order valence-corrected chi connectivity index (χ2v) is 9.37. The van der Waals surface area contributed by atoms with Crippen LogP contribution in [0.1, 0.15) is 24.5 Å². The number of hydrogen-bond acceptors (Lipinski definition) is 5. The maximum absolute atomic E-state index is 13.5. The highest BCUT2D eigenvalue weighted by Crippen LogP contribution is 2.23. The number of carbonyl (C=O) groups is 2. The summed E-state index contributed by atoms with van der Waals surface area (Å²) < 4.78 is 31.5. The fourth-order valence-corrected chi connectivity index (χ4v) is 4.40. The van der Waals surface area contributed by atoms with Gasteiger partial charge in [0.2, 0.25) is 21.8 Å². The Balaban J connectivity index is 2.45. The highest BCUT2D eigenvalue weighted by atomic mass is 32.2. The van der Waals surface area contributed by atoms with E-state index in [-0.39, 0.29) is 12.5 Å². The zero-order valence-electron chi connectivity index (χ0n) is 19.2. The third-order valence-electron chi connectivity index (χ3n) is 5.18. The Bertz CT molecular complexity index is 1060. The van der Waals surface area contributed by atoms with Crippen molar-refractivity contribution in [3.05, 3.63) is 59.7 Å². The maximum Gasteiger partial charge on any atom is 0.244 e. The predicted octanol–water partition coefficient (Wildman–Crippen LogP) is 2.32. The van der Waals surface area contributed by atoms with Crippen LogP contribution >= 0.6 is 0 Å². The molecule has 2 aromatic rings. The first-order valence-corrected chi connectivity index (χ1v) is 12.1. The fourth-order valence-electron chi connectivity index (χ4n) is 3.49. The lowest BCUT2D eigenvalue weighted by Crippen LogP contribution is -2.51. The average molecular weight is 462 g/mol. The van der Waals surface area contributed by atoms with Crippen molar-refractivity contribution in [3.63, 3.8) is 0 Å². The van der Waals surface area contributed by atoms with Crippen molar-refractivity contribution in [2.75, 3.05) is 31.3 Å². The van der Waals surface area contributed by atoms with Gasteiger partial charge >= 0.3 is 0 Å². The van der Waals surface area contributed by atoms with E-state index >= 15 is 0 Å². The first kappa shape index (κ1) is 25.2. The SMILES string of the molecule is CC[C@@H](C(=O)NC)N(Cc1cccc(OC)c1)C(=O)CN(c1ccccc1C)S(C)(=O)=O.